The third kappa shape index (κ3) is 6.40. The Hall–Kier alpha value is -7.04. The Morgan fingerprint density at radius 3 is 1.74 bits per heavy atom. The molecule has 12 rings (SSSR count). The van der Waals surface area contributed by atoms with Gasteiger partial charge in [-0.3, -0.25) is 0 Å². The molecule has 0 saturated carbocycles. The summed E-state index contributed by atoms with van der Waals surface area (Å²) in [5.41, 5.74) is 24.4. The molecule has 0 unspecified atom stereocenters. The van der Waals surface area contributed by atoms with Crippen molar-refractivity contribution >= 4 is 67.5 Å². The fraction of sp³-hybridized carbons (Fsp3) is 0.219. The number of rotatable bonds is 5. The van der Waals surface area contributed by atoms with Gasteiger partial charge in [-0.2, -0.15) is 0 Å². The van der Waals surface area contributed by atoms with Crippen LogP contribution in [0.5, 0.6) is 0 Å². The van der Waals surface area contributed by atoms with Gasteiger partial charge in [-0.15, -0.1) is 0 Å². The van der Waals surface area contributed by atoms with Gasteiger partial charge in [-0.25, -0.2) is 0 Å². The molecule has 334 valence electrons. The van der Waals surface area contributed by atoms with Gasteiger partial charge in [-0.1, -0.05) is 196 Å². The van der Waals surface area contributed by atoms with Crippen molar-refractivity contribution in [2.24, 2.45) is 0 Å². The Morgan fingerprint density at radius 2 is 1.09 bits per heavy atom. The van der Waals surface area contributed by atoms with Crippen LogP contribution in [0, 0.1) is 6.92 Å². The molecule has 0 radical (unpaired) electrons. The van der Waals surface area contributed by atoms with E-state index in [2.05, 4.69) is 253 Å². The highest BCUT2D eigenvalue weighted by Gasteiger charge is 2.45. The predicted molar refractivity (Wildman–Crippen MR) is 293 cm³/mol. The van der Waals surface area contributed by atoms with E-state index in [4.69, 9.17) is 0 Å². The van der Waals surface area contributed by atoms with Crippen LogP contribution < -0.4 is 15.8 Å². The van der Waals surface area contributed by atoms with Crippen LogP contribution in [0.2, 0.25) is 0 Å². The maximum Gasteiger partial charge on any atom is 0.333 e. The minimum atomic E-state index is -0.108. The smallest absolute Gasteiger partial charge is 0.333 e. The number of hydrogen-bond acceptors (Lipinski definition) is 1. The summed E-state index contributed by atoms with van der Waals surface area (Å²) in [4.78, 5) is 2.59. The van der Waals surface area contributed by atoms with E-state index in [-0.39, 0.29) is 23.1 Å². The Labute approximate surface area is 402 Å². The molecular formula is C64H60BN3. The minimum absolute atomic E-state index is 0.0446. The molecular weight excluding hydrogens is 822 g/mol. The average molecular weight is 882 g/mol. The zero-order chi connectivity index (χ0) is 47.0. The van der Waals surface area contributed by atoms with E-state index >= 15 is 0 Å². The molecule has 0 spiro atoms. The summed E-state index contributed by atoms with van der Waals surface area (Å²) < 4.78 is 5.36. The monoisotopic (exact) mass is 881 g/mol. The van der Waals surface area contributed by atoms with E-state index in [1.807, 2.05) is 0 Å². The van der Waals surface area contributed by atoms with Crippen molar-refractivity contribution in [3.63, 3.8) is 0 Å². The molecule has 10 aromatic rings. The van der Waals surface area contributed by atoms with E-state index in [9.17, 15) is 0 Å². The number of nitrogens with zero attached hydrogens (tertiary/aromatic N) is 3. The van der Waals surface area contributed by atoms with Crippen LogP contribution in [-0.4, -0.2) is 15.9 Å². The number of hydrogen-bond donors (Lipinski definition) is 0. The number of aromatic nitrogens is 2. The van der Waals surface area contributed by atoms with Gasteiger partial charge in [0.25, 0.3) is 0 Å². The molecule has 0 fully saturated rings. The lowest BCUT2D eigenvalue weighted by Gasteiger charge is -2.42. The first-order valence-electron chi connectivity index (χ1n) is 24.6. The zero-order valence-electron chi connectivity index (χ0n) is 41.3. The standard InChI is InChI=1S/C64H60BN3/c1-40-20-14-15-23-47(40)58-57-42(39-66-53-26-18-16-24-48(53)49-25-17-19-27-54(49)66)28-34-50-51-36-45(64(8,9)10)38-56-59(51)65(68(61(50)57)60(58)41-21-12-11-13-22-41)52-37-44(63(5,6)7)31-35-55(52)67(56)46-32-29-43(30-33-46)62(2,3)4/h11-38H,39H2,1-10H3. The summed E-state index contributed by atoms with van der Waals surface area (Å²) in [5, 5.41) is 3.92. The second-order valence-corrected chi connectivity index (χ2v) is 22.7. The van der Waals surface area contributed by atoms with Crippen molar-refractivity contribution in [2.75, 3.05) is 4.90 Å². The Kier molecular flexibility index (Phi) is 9.33. The van der Waals surface area contributed by atoms with Gasteiger partial charge in [0.05, 0.1) is 0 Å². The molecule has 2 aliphatic heterocycles. The first kappa shape index (κ1) is 42.3. The fourth-order valence-electron chi connectivity index (χ4n) is 11.6. The van der Waals surface area contributed by atoms with E-state index in [1.54, 1.807) is 0 Å². The third-order valence-corrected chi connectivity index (χ3v) is 15.2. The molecule has 0 atom stereocenters. The molecule has 0 amide bonds. The van der Waals surface area contributed by atoms with Crippen molar-refractivity contribution < 1.29 is 0 Å². The van der Waals surface area contributed by atoms with Crippen LogP contribution in [0.1, 0.15) is 90.1 Å². The van der Waals surface area contributed by atoms with Gasteiger partial charge in [0, 0.05) is 73.1 Å². The summed E-state index contributed by atoms with van der Waals surface area (Å²) in [6.07, 6.45) is 0. The van der Waals surface area contributed by atoms with Crippen LogP contribution in [-0.2, 0) is 22.8 Å². The van der Waals surface area contributed by atoms with Crippen molar-refractivity contribution in [2.45, 2.75) is 92.0 Å². The first-order valence-corrected chi connectivity index (χ1v) is 24.6. The zero-order valence-corrected chi connectivity index (χ0v) is 41.3. The van der Waals surface area contributed by atoms with Crippen LogP contribution in [0.15, 0.2) is 170 Å². The quantitative estimate of drug-likeness (QED) is 0.157. The van der Waals surface area contributed by atoms with Crippen molar-refractivity contribution in [1.29, 1.82) is 0 Å². The molecule has 0 saturated heterocycles. The molecule has 2 aliphatic rings. The van der Waals surface area contributed by atoms with Crippen LogP contribution in [0.4, 0.5) is 17.1 Å². The number of benzene rings is 8. The largest absolute Gasteiger partial charge is 0.375 e. The molecule has 0 N–H and O–H groups in total. The third-order valence-electron chi connectivity index (χ3n) is 15.2. The Balaban J connectivity index is 1.26. The maximum absolute atomic E-state index is 2.80. The number of aryl methyl sites for hydroxylation is 1. The number of anilines is 3. The van der Waals surface area contributed by atoms with Gasteiger partial charge in [-0.05, 0) is 115 Å². The second-order valence-electron chi connectivity index (χ2n) is 22.7. The van der Waals surface area contributed by atoms with Crippen LogP contribution in [0.25, 0.3) is 66.2 Å². The fourth-order valence-corrected chi connectivity index (χ4v) is 11.6. The van der Waals surface area contributed by atoms with Gasteiger partial charge in [0.1, 0.15) is 0 Å². The molecule has 68 heavy (non-hydrogen) atoms. The van der Waals surface area contributed by atoms with Crippen molar-refractivity contribution in [3.05, 3.63) is 198 Å². The van der Waals surface area contributed by atoms with E-state index in [0.717, 1.165) is 6.54 Å². The van der Waals surface area contributed by atoms with Crippen molar-refractivity contribution in [3.8, 4) is 33.5 Å². The highest BCUT2D eigenvalue weighted by Crippen LogP contribution is 2.52. The summed E-state index contributed by atoms with van der Waals surface area (Å²) in [7, 11) is 0. The normalized spacial score (nSPS) is 13.4. The molecule has 2 aromatic heterocycles. The lowest BCUT2D eigenvalue weighted by Crippen LogP contribution is -2.57. The van der Waals surface area contributed by atoms with Gasteiger partial charge >= 0.3 is 6.85 Å². The lowest BCUT2D eigenvalue weighted by atomic mass is 9.44. The Bertz CT molecular complexity index is 3600. The SMILES string of the molecule is Cc1ccccc1-c1c(-c2ccccc2)n2c3c(ccc(Cn4c5ccccc5c5ccccc54)c13)-c1cc(C(C)(C)C)cc3c1B2c1cc(C(C)(C)C)ccc1N3c1ccc(C(C)(C)C)cc1. The van der Waals surface area contributed by atoms with Gasteiger partial charge in [0.15, 0.2) is 0 Å². The summed E-state index contributed by atoms with van der Waals surface area (Å²) in [5.74, 6) is 0. The molecule has 3 nitrogen and oxygen atoms in total. The molecule has 4 heteroatoms. The topological polar surface area (TPSA) is 13.1 Å². The molecule has 4 heterocycles. The van der Waals surface area contributed by atoms with Crippen LogP contribution >= 0.6 is 0 Å². The molecule has 0 bridgehead atoms. The average Bonchev–Trinajstić information content (AvgIpc) is 3.84. The molecule has 0 aliphatic carbocycles. The second kappa shape index (κ2) is 15.0. The lowest BCUT2D eigenvalue weighted by molar-refractivity contribution is 0.590. The maximum atomic E-state index is 2.80. The van der Waals surface area contributed by atoms with E-state index in [0.29, 0.717) is 0 Å². The predicted octanol–water partition coefficient (Wildman–Crippen LogP) is 15.8. The first-order chi connectivity index (χ1) is 32.6. The highest BCUT2D eigenvalue weighted by atomic mass is 15.2. The van der Waals surface area contributed by atoms with Crippen molar-refractivity contribution in [1.82, 2.24) is 9.05 Å². The summed E-state index contributed by atoms with van der Waals surface area (Å²) >= 11 is 0. The highest BCUT2D eigenvalue weighted by molar-refractivity contribution is 6.90. The summed E-state index contributed by atoms with van der Waals surface area (Å²) in [6, 6.07) is 65.0. The Morgan fingerprint density at radius 1 is 0.485 bits per heavy atom. The number of fused-ring (bicyclic) bond motifs is 7. The van der Waals surface area contributed by atoms with Gasteiger partial charge < -0.3 is 13.9 Å². The van der Waals surface area contributed by atoms with Crippen LogP contribution in [0.3, 0.4) is 0 Å². The van der Waals surface area contributed by atoms with E-state index in [1.165, 1.54) is 122 Å². The number of para-hydroxylation sites is 2. The summed E-state index contributed by atoms with van der Waals surface area (Å²) in [6.45, 7) is 24.0. The molecule has 8 aromatic carbocycles. The van der Waals surface area contributed by atoms with E-state index < -0.39 is 0 Å². The van der Waals surface area contributed by atoms with Gasteiger partial charge in [0.2, 0.25) is 0 Å². The minimum Gasteiger partial charge on any atom is -0.375 e.